The highest BCUT2D eigenvalue weighted by atomic mass is 19.1. The van der Waals surface area contributed by atoms with E-state index < -0.39 is 5.97 Å². The van der Waals surface area contributed by atoms with Gasteiger partial charge in [0.25, 0.3) is 0 Å². The van der Waals surface area contributed by atoms with E-state index in [-0.39, 0.29) is 5.82 Å². The van der Waals surface area contributed by atoms with Crippen molar-refractivity contribution in [2.45, 2.75) is 13.3 Å². The average molecular weight is 412 g/mol. The molecule has 2 N–H and O–H groups in total. The minimum atomic E-state index is -1.00. The molecule has 31 heavy (non-hydrogen) atoms. The van der Waals surface area contributed by atoms with Gasteiger partial charge in [0, 0.05) is 11.6 Å². The van der Waals surface area contributed by atoms with Gasteiger partial charge in [0.15, 0.2) is 0 Å². The summed E-state index contributed by atoms with van der Waals surface area (Å²) in [6.45, 7) is 2.06. The summed E-state index contributed by atoms with van der Waals surface area (Å²) in [5.74, 6) is -1.32. The predicted octanol–water partition coefficient (Wildman–Crippen LogP) is 6.17. The van der Waals surface area contributed by atoms with Gasteiger partial charge in [-0.2, -0.15) is 5.10 Å². The summed E-state index contributed by atoms with van der Waals surface area (Å²) < 4.78 is 15.6. The van der Waals surface area contributed by atoms with Crippen LogP contribution in [0.1, 0.15) is 35.6 Å². The van der Waals surface area contributed by atoms with Crippen LogP contribution in [0.15, 0.2) is 79.0 Å². The third kappa shape index (κ3) is 4.16. The Kier molecular flexibility index (Phi) is 5.76. The van der Waals surface area contributed by atoms with Crippen molar-refractivity contribution in [2.75, 3.05) is 0 Å². The fourth-order valence-corrected chi connectivity index (χ4v) is 3.76. The van der Waals surface area contributed by atoms with Crippen LogP contribution < -0.4 is 0 Å². The number of nitrogens with one attached hydrogen (secondary N) is 1. The summed E-state index contributed by atoms with van der Waals surface area (Å²) in [6.07, 6.45) is 4.84. The first kappa shape index (κ1) is 20.3. The lowest BCUT2D eigenvalue weighted by Crippen LogP contribution is -1.98. The van der Waals surface area contributed by atoms with Crippen LogP contribution in [0.3, 0.4) is 0 Å². The molecular formula is C26H21FN2O2. The highest BCUT2D eigenvalue weighted by Gasteiger charge is 2.18. The Morgan fingerprint density at radius 2 is 1.77 bits per heavy atom. The molecule has 0 aliphatic carbocycles. The number of rotatable bonds is 6. The van der Waals surface area contributed by atoms with Gasteiger partial charge < -0.3 is 5.11 Å². The van der Waals surface area contributed by atoms with Crippen molar-refractivity contribution in [3.8, 4) is 0 Å². The zero-order chi connectivity index (χ0) is 21.8. The fraction of sp³-hybridized carbons (Fsp3) is 0.0769. The number of nitrogens with zero attached hydrogens (tertiary/aromatic N) is 1. The van der Waals surface area contributed by atoms with E-state index in [9.17, 15) is 4.79 Å². The monoisotopic (exact) mass is 412 g/mol. The number of H-pyrrole nitrogens is 1. The Morgan fingerprint density at radius 1 is 1.03 bits per heavy atom. The largest absolute Gasteiger partial charge is 0.478 e. The van der Waals surface area contributed by atoms with E-state index in [1.807, 2.05) is 60.7 Å². The molecule has 0 unspecified atom stereocenters. The van der Waals surface area contributed by atoms with Gasteiger partial charge in [-0.05, 0) is 52.5 Å². The molecule has 154 valence electrons. The van der Waals surface area contributed by atoms with E-state index >= 15 is 4.39 Å². The molecule has 0 bridgehead atoms. The molecule has 0 amide bonds. The lowest BCUT2D eigenvalue weighted by molar-refractivity contribution is -0.131. The maximum atomic E-state index is 15.6. The Hall–Kier alpha value is -3.99. The minimum Gasteiger partial charge on any atom is -0.478 e. The molecule has 0 spiro atoms. The maximum Gasteiger partial charge on any atom is 0.328 e. The van der Waals surface area contributed by atoms with Crippen molar-refractivity contribution >= 4 is 34.1 Å². The molecule has 4 rings (SSSR count). The first-order valence-electron chi connectivity index (χ1n) is 10.0. The second-order valence-corrected chi connectivity index (χ2v) is 7.13. The van der Waals surface area contributed by atoms with Crippen LogP contribution in [0, 0.1) is 5.82 Å². The zero-order valence-corrected chi connectivity index (χ0v) is 17.0. The van der Waals surface area contributed by atoms with Crippen molar-refractivity contribution in [3.63, 3.8) is 0 Å². The Morgan fingerprint density at radius 3 is 2.45 bits per heavy atom. The summed E-state index contributed by atoms with van der Waals surface area (Å²) in [5, 5.41) is 16.1. The van der Waals surface area contributed by atoms with Crippen LogP contribution in [0.25, 0.3) is 28.1 Å². The van der Waals surface area contributed by atoms with Crippen LogP contribution >= 0.6 is 0 Å². The van der Waals surface area contributed by atoms with Gasteiger partial charge >= 0.3 is 5.97 Å². The highest BCUT2D eigenvalue weighted by molar-refractivity contribution is 6.00. The first-order valence-corrected chi connectivity index (χ1v) is 10.0. The van der Waals surface area contributed by atoms with E-state index in [2.05, 4.69) is 17.1 Å². The third-order valence-electron chi connectivity index (χ3n) is 5.22. The van der Waals surface area contributed by atoms with Gasteiger partial charge in [0.1, 0.15) is 5.82 Å². The quantitative estimate of drug-likeness (QED) is 0.294. The van der Waals surface area contributed by atoms with Crippen LogP contribution in [0.4, 0.5) is 4.39 Å². The number of aromatic amines is 1. The van der Waals surface area contributed by atoms with E-state index in [1.165, 1.54) is 12.3 Å². The number of carboxylic acid groups (broad SMARTS) is 1. The molecule has 4 nitrogen and oxygen atoms in total. The topological polar surface area (TPSA) is 66.0 Å². The molecule has 0 saturated heterocycles. The summed E-state index contributed by atoms with van der Waals surface area (Å²) in [4.78, 5) is 10.8. The third-order valence-corrected chi connectivity index (χ3v) is 5.22. The van der Waals surface area contributed by atoms with Crippen LogP contribution in [-0.2, 0) is 4.79 Å². The summed E-state index contributed by atoms with van der Waals surface area (Å²) in [6, 6.07) is 21.0. The van der Waals surface area contributed by atoms with E-state index in [0.29, 0.717) is 22.9 Å². The van der Waals surface area contributed by atoms with Gasteiger partial charge in [-0.1, -0.05) is 61.5 Å². The lowest BCUT2D eigenvalue weighted by Gasteiger charge is -2.17. The number of fused-ring (bicyclic) bond motifs is 1. The molecule has 0 aliphatic rings. The standard InChI is InChI=1S/C26H21FN2O2/c1-2-20(18-6-4-3-5-7-18)25(19-11-8-17(9-12-19)10-15-24(30)31)21-13-14-23-22(26(21)27)16-28-29-23/h3-16H,2H2,1H3,(H,28,29)(H,30,31). The summed E-state index contributed by atoms with van der Waals surface area (Å²) >= 11 is 0. The molecule has 0 radical (unpaired) electrons. The molecule has 1 aromatic heterocycles. The normalized spacial score (nSPS) is 12.3. The Balaban J connectivity index is 1.94. The second kappa shape index (κ2) is 8.79. The van der Waals surface area contributed by atoms with Crippen molar-refractivity contribution in [1.82, 2.24) is 10.2 Å². The van der Waals surface area contributed by atoms with Gasteiger partial charge in [-0.25, -0.2) is 9.18 Å². The number of halogens is 1. The molecular weight excluding hydrogens is 391 g/mol. The Bertz CT molecular complexity index is 1290. The number of hydrogen-bond acceptors (Lipinski definition) is 2. The molecule has 4 aromatic rings. The summed E-state index contributed by atoms with van der Waals surface area (Å²) in [5.41, 5.74) is 5.63. The highest BCUT2D eigenvalue weighted by Crippen LogP contribution is 2.37. The molecule has 1 heterocycles. The van der Waals surface area contributed by atoms with E-state index in [4.69, 9.17) is 5.11 Å². The van der Waals surface area contributed by atoms with E-state index in [1.54, 1.807) is 6.07 Å². The minimum absolute atomic E-state index is 0.321. The zero-order valence-electron chi connectivity index (χ0n) is 17.0. The van der Waals surface area contributed by atoms with Crippen molar-refractivity contribution in [2.24, 2.45) is 0 Å². The number of allylic oxidation sites excluding steroid dienone is 1. The van der Waals surface area contributed by atoms with E-state index in [0.717, 1.165) is 33.9 Å². The number of aromatic nitrogens is 2. The molecule has 0 atom stereocenters. The first-order chi connectivity index (χ1) is 15.1. The van der Waals surface area contributed by atoms with Gasteiger partial charge in [-0.3, -0.25) is 5.10 Å². The smallest absolute Gasteiger partial charge is 0.328 e. The van der Waals surface area contributed by atoms with Crippen molar-refractivity contribution in [3.05, 3.63) is 107 Å². The lowest BCUT2D eigenvalue weighted by atomic mass is 9.87. The number of hydrogen-bond donors (Lipinski definition) is 2. The SMILES string of the molecule is CCC(=C(c1ccc(C=CC(=O)O)cc1)c1ccc2[nH]ncc2c1F)c1ccccc1. The Labute approximate surface area is 179 Å². The van der Waals surface area contributed by atoms with Gasteiger partial charge in [0.2, 0.25) is 0 Å². The van der Waals surface area contributed by atoms with Crippen LogP contribution in [-0.4, -0.2) is 21.3 Å². The van der Waals surface area contributed by atoms with Gasteiger partial charge in [-0.15, -0.1) is 0 Å². The number of carbonyl (C=O) groups is 1. The fourth-order valence-electron chi connectivity index (χ4n) is 3.76. The molecule has 5 heteroatoms. The van der Waals surface area contributed by atoms with Crippen LogP contribution in [0.5, 0.6) is 0 Å². The number of carboxylic acids is 1. The molecule has 0 fully saturated rings. The summed E-state index contributed by atoms with van der Waals surface area (Å²) in [7, 11) is 0. The molecule has 3 aromatic carbocycles. The number of benzene rings is 3. The van der Waals surface area contributed by atoms with Crippen molar-refractivity contribution < 1.29 is 14.3 Å². The average Bonchev–Trinajstić information content (AvgIpc) is 3.28. The number of aliphatic carboxylic acids is 1. The van der Waals surface area contributed by atoms with Gasteiger partial charge in [0.05, 0.1) is 17.1 Å². The predicted molar refractivity (Wildman–Crippen MR) is 122 cm³/mol. The van der Waals surface area contributed by atoms with Crippen molar-refractivity contribution in [1.29, 1.82) is 0 Å². The second-order valence-electron chi connectivity index (χ2n) is 7.13. The molecule has 0 aliphatic heterocycles. The maximum absolute atomic E-state index is 15.6. The molecule has 0 saturated carbocycles. The van der Waals surface area contributed by atoms with Crippen LogP contribution in [0.2, 0.25) is 0 Å².